The van der Waals surface area contributed by atoms with Crippen molar-refractivity contribution in [1.82, 2.24) is 0 Å². The number of benzene rings is 3. The molecule has 0 amide bonds. The molecule has 2 unspecified atom stereocenters. The fraction of sp³-hybridized carbons (Fsp3) is 0.438. The Bertz CT molecular complexity index is 1130. The Hall–Kier alpha value is -2.59. The molecular weight excluding hydrogens is 457 g/mol. The van der Waals surface area contributed by atoms with Crippen LogP contribution in [0.5, 0.6) is 0 Å². The highest BCUT2D eigenvalue weighted by Crippen LogP contribution is 2.36. The largest absolute Gasteiger partial charge is 0.373 e. The van der Waals surface area contributed by atoms with Gasteiger partial charge in [0.05, 0.1) is 12.7 Å². The minimum Gasteiger partial charge on any atom is -0.373 e. The molecule has 4 rings (SSSR count). The second-order valence-electron chi connectivity index (χ2n) is 10.0. The zero-order valence-electron chi connectivity index (χ0n) is 21.5. The van der Waals surface area contributed by atoms with Crippen molar-refractivity contribution in [3.8, 4) is 22.3 Å². The van der Waals surface area contributed by atoms with E-state index in [0.717, 1.165) is 24.0 Å². The van der Waals surface area contributed by atoms with Crippen molar-refractivity contribution in [2.24, 2.45) is 5.92 Å². The Morgan fingerprint density at radius 2 is 1.47 bits per heavy atom. The Labute approximate surface area is 213 Å². The first kappa shape index (κ1) is 26.5. The summed E-state index contributed by atoms with van der Waals surface area (Å²) in [5.41, 5.74) is 3.37. The topological polar surface area (TPSA) is 9.23 Å². The van der Waals surface area contributed by atoms with Crippen molar-refractivity contribution in [2.75, 3.05) is 6.61 Å². The molecule has 1 nitrogen and oxygen atoms in total. The SMILES string of the molecule is CCCCCCCC1CCC(c2ccc(-c3ccc(-c4ccc(CC)c(F)c4F)cc3)cc2F)OC1. The summed E-state index contributed by atoms with van der Waals surface area (Å²) < 4.78 is 49.9. The van der Waals surface area contributed by atoms with Gasteiger partial charge in [0.2, 0.25) is 0 Å². The van der Waals surface area contributed by atoms with Crippen molar-refractivity contribution in [3.05, 3.63) is 83.2 Å². The number of ether oxygens (including phenoxy) is 1. The van der Waals surface area contributed by atoms with Crippen LogP contribution in [0.15, 0.2) is 54.6 Å². The van der Waals surface area contributed by atoms with Crippen LogP contribution in [0.4, 0.5) is 13.2 Å². The molecule has 1 aliphatic heterocycles. The van der Waals surface area contributed by atoms with Gasteiger partial charge in [0, 0.05) is 11.1 Å². The van der Waals surface area contributed by atoms with Gasteiger partial charge in [-0.3, -0.25) is 0 Å². The second kappa shape index (κ2) is 12.6. The van der Waals surface area contributed by atoms with Crippen LogP contribution in [0.25, 0.3) is 22.3 Å². The third-order valence-corrected chi connectivity index (χ3v) is 7.51. The van der Waals surface area contributed by atoms with Gasteiger partial charge in [-0.05, 0) is 59.9 Å². The fourth-order valence-electron chi connectivity index (χ4n) is 5.21. The Balaban J connectivity index is 1.38. The molecule has 36 heavy (non-hydrogen) atoms. The van der Waals surface area contributed by atoms with E-state index in [-0.39, 0.29) is 17.5 Å². The maximum atomic E-state index is 15.1. The number of hydrogen-bond donors (Lipinski definition) is 0. The van der Waals surface area contributed by atoms with Gasteiger partial charge in [-0.15, -0.1) is 0 Å². The number of rotatable bonds is 10. The summed E-state index contributed by atoms with van der Waals surface area (Å²) in [6, 6.07) is 15.6. The highest BCUT2D eigenvalue weighted by Gasteiger charge is 2.25. The van der Waals surface area contributed by atoms with E-state index in [0.29, 0.717) is 35.6 Å². The molecule has 192 valence electrons. The van der Waals surface area contributed by atoms with E-state index in [9.17, 15) is 8.78 Å². The van der Waals surface area contributed by atoms with Gasteiger partial charge in [-0.25, -0.2) is 13.2 Å². The molecule has 2 atom stereocenters. The Morgan fingerprint density at radius 3 is 2.14 bits per heavy atom. The Morgan fingerprint density at radius 1 is 0.750 bits per heavy atom. The van der Waals surface area contributed by atoms with Crippen molar-refractivity contribution in [2.45, 2.75) is 77.7 Å². The second-order valence-corrected chi connectivity index (χ2v) is 10.0. The first-order valence-corrected chi connectivity index (χ1v) is 13.5. The zero-order valence-corrected chi connectivity index (χ0v) is 21.5. The van der Waals surface area contributed by atoms with E-state index >= 15 is 4.39 Å². The molecule has 0 radical (unpaired) electrons. The summed E-state index contributed by atoms with van der Waals surface area (Å²) in [4.78, 5) is 0. The van der Waals surface area contributed by atoms with Crippen LogP contribution >= 0.6 is 0 Å². The summed E-state index contributed by atoms with van der Waals surface area (Å²) in [7, 11) is 0. The molecule has 1 heterocycles. The van der Waals surface area contributed by atoms with Gasteiger partial charge in [0.25, 0.3) is 0 Å². The molecule has 0 saturated carbocycles. The molecule has 3 aromatic rings. The molecule has 4 heteroatoms. The van der Waals surface area contributed by atoms with Crippen LogP contribution in [-0.4, -0.2) is 6.61 Å². The number of unbranched alkanes of at least 4 members (excludes halogenated alkanes) is 4. The van der Waals surface area contributed by atoms with Gasteiger partial charge in [-0.1, -0.05) is 94.5 Å². The third-order valence-electron chi connectivity index (χ3n) is 7.51. The standard InChI is InChI=1S/C32H37F3O/c1-3-5-6-7-8-9-22-10-19-30(36-21-22)28-18-16-26(20-29(28)33)24-11-13-25(14-12-24)27-17-15-23(4-2)31(34)32(27)35/h11-18,20,22,30H,3-10,19,21H2,1-2H3. The van der Waals surface area contributed by atoms with Crippen LogP contribution in [-0.2, 0) is 11.2 Å². The van der Waals surface area contributed by atoms with Crippen LogP contribution in [0.1, 0.15) is 82.4 Å². The first-order valence-electron chi connectivity index (χ1n) is 13.5. The highest BCUT2D eigenvalue weighted by atomic mass is 19.2. The third kappa shape index (κ3) is 6.21. The lowest BCUT2D eigenvalue weighted by Crippen LogP contribution is -2.21. The smallest absolute Gasteiger partial charge is 0.166 e. The van der Waals surface area contributed by atoms with Gasteiger partial charge in [0.1, 0.15) is 5.82 Å². The number of hydrogen-bond acceptors (Lipinski definition) is 1. The highest BCUT2D eigenvalue weighted by molar-refractivity contribution is 5.71. The first-order chi connectivity index (χ1) is 17.5. The minimum absolute atomic E-state index is 0.193. The summed E-state index contributed by atoms with van der Waals surface area (Å²) >= 11 is 0. The average molecular weight is 495 g/mol. The molecule has 0 bridgehead atoms. The van der Waals surface area contributed by atoms with E-state index < -0.39 is 11.6 Å². The normalized spacial score (nSPS) is 17.9. The lowest BCUT2D eigenvalue weighted by molar-refractivity contribution is -0.0215. The molecule has 1 fully saturated rings. The molecular formula is C32H37F3O. The lowest BCUT2D eigenvalue weighted by atomic mass is 9.90. The lowest BCUT2D eigenvalue weighted by Gasteiger charge is -2.29. The number of halogens is 3. The van der Waals surface area contributed by atoms with Gasteiger partial charge in [-0.2, -0.15) is 0 Å². The van der Waals surface area contributed by atoms with Gasteiger partial charge < -0.3 is 4.74 Å². The van der Waals surface area contributed by atoms with Crippen molar-refractivity contribution in [3.63, 3.8) is 0 Å². The fourth-order valence-corrected chi connectivity index (χ4v) is 5.21. The molecule has 0 spiro atoms. The number of aryl methyl sites for hydroxylation is 1. The van der Waals surface area contributed by atoms with Crippen LogP contribution in [0.3, 0.4) is 0 Å². The van der Waals surface area contributed by atoms with Crippen LogP contribution < -0.4 is 0 Å². The van der Waals surface area contributed by atoms with Crippen LogP contribution in [0.2, 0.25) is 0 Å². The average Bonchev–Trinajstić information content (AvgIpc) is 2.91. The van der Waals surface area contributed by atoms with Crippen molar-refractivity contribution < 1.29 is 17.9 Å². The summed E-state index contributed by atoms with van der Waals surface area (Å²) in [5, 5.41) is 0. The van der Waals surface area contributed by atoms with Crippen molar-refractivity contribution in [1.29, 1.82) is 0 Å². The zero-order chi connectivity index (χ0) is 25.5. The van der Waals surface area contributed by atoms with E-state index in [1.165, 1.54) is 38.5 Å². The van der Waals surface area contributed by atoms with E-state index in [1.807, 2.05) is 24.3 Å². The predicted octanol–water partition coefficient (Wildman–Crippen LogP) is 9.83. The summed E-state index contributed by atoms with van der Waals surface area (Å²) in [6.45, 7) is 4.73. The predicted molar refractivity (Wildman–Crippen MR) is 141 cm³/mol. The monoisotopic (exact) mass is 494 g/mol. The molecule has 0 N–H and O–H groups in total. The minimum atomic E-state index is -0.830. The van der Waals surface area contributed by atoms with E-state index in [2.05, 4.69) is 6.92 Å². The van der Waals surface area contributed by atoms with Gasteiger partial charge in [0.15, 0.2) is 11.6 Å². The summed E-state index contributed by atoms with van der Waals surface area (Å²) in [6.07, 6.45) is 9.82. The maximum absolute atomic E-state index is 15.1. The van der Waals surface area contributed by atoms with E-state index in [1.54, 1.807) is 37.3 Å². The van der Waals surface area contributed by atoms with E-state index in [4.69, 9.17) is 4.74 Å². The quantitative estimate of drug-likeness (QED) is 0.255. The van der Waals surface area contributed by atoms with Crippen molar-refractivity contribution >= 4 is 0 Å². The molecule has 3 aromatic carbocycles. The molecule has 1 saturated heterocycles. The summed E-state index contributed by atoms with van der Waals surface area (Å²) in [5.74, 6) is -1.30. The maximum Gasteiger partial charge on any atom is 0.166 e. The van der Waals surface area contributed by atoms with Crippen LogP contribution in [0, 0.1) is 23.4 Å². The van der Waals surface area contributed by atoms with Gasteiger partial charge >= 0.3 is 0 Å². The molecule has 1 aliphatic rings. The molecule has 0 aliphatic carbocycles. The molecule has 0 aromatic heterocycles. The Kier molecular flexibility index (Phi) is 9.25.